The molecular weight excluding hydrogens is 266 g/mol. The largest absolute Gasteiger partial charge is 0.312 e. The highest BCUT2D eigenvalue weighted by Gasteiger charge is 2.35. The van der Waals surface area contributed by atoms with Gasteiger partial charge in [0.05, 0.1) is 5.01 Å². The molecule has 1 aliphatic heterocycles. The van der Waals surface area contributed by atoms with Gasteiger partial charge in [0, 0.05) is 29.6 Å². The van der Waals surface area contributed by atoms with Crippen molar-refractivity contribution in [3.05, 3.63) is 16.6 Å². The van der Waals surface area contributed by atoms with Crippen LogP contribution >= 0.6 is 11.3 Å². The van der Waals surface area contributed by atoms with Crippen molar-refractivity contribution >= 4 is 11.3 Å². The Morgan fingerprint density at radius 1 is 1.35 bits per heavy atom. The van der Waals surface area contributed by atoms with E-state index in [-0.39, 0.29) is 5.54 Å². The van der Waals surface area contributed by atoms with Crippen molar-refractivity contribution in [1.29, 1.82) is 0 Å². The molecule has 1 unspecified atom stereocenters. The molecule has 1 aromatic rings. The van der Waals surface area contributed by atoms with Crippen LogP contribution in [-0.4, -0.2) is 41.1 Å². The zero-order chi connectivity index (χ0) is 14.4. The Kier molecular flexibility index (Phi) is 6.00. The minimum Gasteiger partial charge on any atom is -0.312 e. The molecule has 0 saturated carbocycles. The summed E-state index contributed by atoms with van der Waals surface area (Å²) in [6.45, 7) is 10.6. The summed E-state index contributed by atoms with van der Waals surface area (Å²) in [5.74, 6) is 0. The Labute approximate surface area is 127 Å². The maximum atomic E-state index is 4.48. The summed E-state index contributed by atoms with van der Waals surface area (Å²) in [5.41, 5.74) is 0.196. The quantitative estimate of drug-likeness (QED) is 0.836. The Bertz CT molecular complexity index is 369. The van der Waals surface area contributed by atoms with Crippen molar-refractivity contribution in [2.24, 2.45) is 0 Å². The predicted molar refractivity (Wildman–Crippen MR) is 87.4 cm³/mol. The van der Waals surface area contributed by atoms with Crippen molar-refractivity contribution in [3.63, 3.8) is 0 Å². The van der Waals surface area contributed by atoms with Crippen molar-refractivity contribution in [1.82, 2.24) is 15.2 Å². The predicted octanol–water partition coefficient (Wildman–Crippen LogP) is 3.32. The molecule has 1 fully saturated rings. The van der Waals surface area contributed by atoms with Crippen LogP contribution in [-0.2, 0) is 6.42 Å². The average Bonchev–Trinajstić information content (AvgIpc) is 2.97. The summed E-state index contributed by atoms with van der Waals surface area (Å²) in [7, 11) is 0. The highest BCUT2D eigenvalue weighted by Crippen LogP contribution is 2.26. The average molecular weight is 295 g/mol. The van der Waals surface area contributed by atoms with Crippen LogP contribution in [0.15, 0.2) is 11.6 Å². The zero-order valence-corrected chi connectivity index (χ0v) is 14.0. The molecule has 1 aliphatic rings. The number of aromatic nitrogens is 1. The summed E-state index contributed by atoms with van der Waals surface area (Å²) in [4.78, 5) is 7.16. The second kappa shape index (κ2) is 7.53. The number of rotatable bonds is 7. The van der Waals surface area contributed by atoms with E-state index in [9.17, 15) is 0 Å². The third-order valence-electron chi connectivity index (χ3n) is 4.53. The fourth-order valence-corrected chi connectivity index (χ4v) is 3.77. The lowest BCUT2D eigenvalue weighted by Crippen LogP contribution is -2.59. The van der Waals surface area contributed by atoms with Gasteiger partial charge in [-0.15, -0.1) is 11.3 Å². The second-order valence-corrected chi connectivity index (χ2v) is 7.32. The maximum absolute atomic E-state index is 4.48. The molecule has 3 nitrogen and oxygen atoms in total. The molecule has 0 bridgehead atoms. The maximum Gasteiger partial charge on any atom is 0.0941 e. The lowest BCUT2D eigenvalue weighted by Gasteiger charge is -2.46. The molecule has 1 aromatic heterocycles. The van der Waals surface area contributed by atoms with Crippen LogP contribution in [0.25, 0.3) is 0 Å². The van der Waals surface area contributed by atoms with E-state index in [1.54, 1.807) is 11.3 Å². The molecule has 1 N–H and O–H groups in total. The lowest BCUT2D eigenvalue weighted by molar-refractivity contribution is 0.0611. The van der Waals surface area contributed by atoms with Gasteiger partial charge in [0.2, 0.25) is 0 Å². The van der Waals surface area contributed by atoms with Gasteiger partial charge in [-0.2, -0.15) is 0 Å². The van der Waals surface area contributed by atoms with Crippen LogP contribution in [0.3, 0.4) is 0 Å². The number of hydrogen-bond donors (Lipinski definition) is 1. The fourth-order valence-electron chi connectivity index (χ4n) is 3.11. The molecule has 1 saturated heterocycles. The Hall–Kier alpha value is -0.450. The lowest BCUT2D eigenvalue weighted by atomic mass is 9.88. The van der Waals surface area contributed by atoms with E-state index in [0.717, 1.165) is 13.0 Å². The third-order valence-corrected chi connectivity index (χ3v) is 5.33. The molecule has 0 aromatic carbocycles. The summed E-state index contributed by atoms with van der Waals surface area (Å²) in [6.07, 6.45) is 8.24. The van der Waals surface area contributed by atoms with Crippen LogP contribution in [0.4, 0.5) is 0 Å². The first kappa shape index (κ1) is 15.9. The molecule has 1 atom stereocenters. The fraction of sp³-hybridized carbons (Fsp3) is 0.812. The van der Waals surface area contributed by atoms with Crippen molar-refractivity contribution in [2.75, 3.05) is 19.6 Å². The van der Waals surface area contributed by atoms with Crippen LogP contribution < -0.4 is 5.32 Å². The van der Waals surface area contributed by atoms with E-state index >= 15 is 0 Å². The first-order valence-corrected chi connectivity index (χ1v) is 8.89. The van der Waals surface area contributed by atoms with Gasteiger partial charge in [0.1, 0.15) is 0 Å². The number of nitrogens with one attached hydrogen (secondary N) is 1. The topological polar surface area (TPSA) is 28.2 Å². The number of thiazole rings is 1. The SMILES string of the molecule is CCCNC(Cc1nccs1)C(C)(C)N1CCCCC1. The second-order valence-electron chi connectivity index (χ2n) is 6.34. The van der Waals surface area contributed by atoms with Gasteiger partial charge >= 0.3 is 0 Å². The van der Waals surface area contributed by atoms with Crippen molar-refractivity contribution < 1.29 is 0 Å². The zero-order valence-electron chi connectivity index (χ0n) is 13.2. The molecule has 2 rings (SSSR count). The minimum atomic E-state index is 0.196. The van der Waals surface area contributed by atoms with Gasteiger partial charge in [0.25, 0.3) is 0 Å². The molecule has 0 spiro atoms. The highest BCUT2D eigenvalue weighted by molar-refractivity contribution is 7.09. The van der Waals surface area contributed by atoms with Crippen molar-refractivity contribution in [2.45, 2.75) is 64.5 Å². The number of hydrogen-bond acceptors (Lipinski definition) is 4. The molecule has 0 radical (unpaired) electrons. The molecule has 20 heavy (non-hydrogen) atoms. The molecule has 4 heteroatoms. The smallest absolute Gasteiger partial charge is 0.0941 e. The van der Waals surface area contributed by atoms with Gasteiger partial charge in [-0.3, -0.25) is 4.90 Å². The summed E-state index contributed by atoms with van der Waals surface area (Å²) in [6, 6.07) is 0.478. The number of nitrogens with zero attached hydrogens (tertiary/aromatic N) is 2. The van der Waals surface area contributed by atoms with Crippen LogP contribution in [0.2, 0.25) is 0 Å². The molecule has 2 heterocycles. The molecular formula is C16H29N3S. The summed E-state index contributed by atoms with van der Waals surface area (Å²) >= 11 is 1.78. The Morgan fingerprint density at radius 2 is 2.10 bits per heavy atom. The number of likely N-dealkylation sites (tertiary alicyclic amines) is 1. The van der Waals surface area contributed by atoms with E-state index in [4.69, 9.17) is 0 Å². The Balaban J connectivity index is 2.06. The minimum absolute atomic E-state index is 0.196. The third kappa shape index (κ3) is 4.03. The van der Waals surface area contributed by atoms with Crippen LogP contribution in [0, 0.1) is 0 Å². The van der Waals surface area contributed by atoms with E-state index in [1.807, 2.05) is 6.20 Å². The van der Waals surface area contributed by atoms with Gasteiger partial charge in [0.15, 0.2) is 0 Å². The first-order valence-electron chi connectivity index (χ1n) is 8.01. The van der Waals surface area contributed by atoms with Gasteiger partial charge < -0.3 is 5.32 Å². The summed E-state index contributed by atoms with van der Waals surface area (Å²) in [5, 5.41) is 7.11. The molecule has 0 aliphatic carbocycles. The number of piperidine rings is 1. The normalized spacial score (nSPS) is 19.1. The van der Waals surface area contributed by atoms with E-state index in [1.165, 1.54) is 43.8 Å². The van der Waals surface area contributed by atoms with Crippen molar-refractivity contribution in [3.8, 4) is 0 Å². The first-order chi connectivity index (χ1) is 9.64. The molecule has 114 valence electrons. The van der Waals surface area contributed by atoms with Gasteiger partial charge in [-0.25, -0.2) is 4.98 Å². The van der Waals surface area contributed by atoms with E-state index in [2.05, 4.69) is 41.4 Å². The van der Waals surface area contributed by atoms with Gasteiger partial charge in [-0.05, 0) is 52.7 Å². The molecule has 0 amide bonds. The standard InChI is InChI=1S/C16H29N3S/c1-4-8-17-14(13-15-18-9-12-20-15)16(2,3)19-10-6-5-7-11-19/h9,12,14,17H,4-8,10-11,13H2,1-3H3. The van der Waals surface area contributed by atoms with E-state index < -0.39 is 0 Å². The van der Waals surface area contributed by atoms with Crippen LogP contribution in [0.5, 0.6) is 0 Å². The monoisotopic (exact) mass is 295 g/mol. The summed E-state index contributed by atoms with van der Waals surface area (Å²) < 4.78 is 0. The van der Waals surface area contributed by atoms with E-state index in [0.29, 0.717) is 6.04 Å². The van der Waals surface area contributed by atoms with Crippen LogP contribution in [0.1, 0.15) is 51.5 Å². The Morgan fingerprint density at radius 3 is 2.70 bits per heavy atom. The highest BCUT2D eigenvalue weighted by atomic mass is 32.1. The van der Waals surface area contributed by atoms with Gasteiger partial charge in [-0.1, -0.05) is 13.3 Å².